The van der Waals surface area contributed by atoms with Crippen molar-refractivity contribution in [3.05, 3.63) is 35.5 Å². The molecule has 0 aliphatic heterocycles. The Balaban J connectivity index is 0.000000583. The number of aromatic nitrogens is 1. The third kappa shape index (κ3) is 4.68. The lowest BCUT2D eigenvalue weighted by Gasteiger charge is -1.94. The second-order valence-electron chi connectivity index (χ2n) is 3.53. The number of hydrogen-bond acceptors (Lipinski definition) is 0. The van der Waals surface area contributed by atoms with Crippen molar-refractivity contribution in [2.24, 2.45) is 0 Å². The molecule has 1 heterocycles. The average molecular weight is 205 g/mol. The van der Waals surface area contributed by atoms with Crippen LogP contribution in [0.2, 0.25) is 0 Å². The fourth-order valence-electron chi connectivity index (χ4n) is 1.50. The van der Waals surface area contributed by atoms with Crippen LogP contribution >= 0.6 is 0 Å². The summed E-state index contributed by atoms with van der Waals surface area (Å²) in [5, 5.41) is 2.63. The summed E-state index contributed by atoms with van der Waals surface area (Å²) in [6, 6.07) is 2.15. The fraction of sp³-hybridized carbons (Fsp3) is 0.429. The molecule has 0 saturated carbocycles. The SMILES string of the molecule is C/C=c1\[nH]cc\c1=C(/C)CCC.C=CC. The van der Waals surface area contributed by atoms with Crippen LogP contribution in [-0.4, -0.2) is 4.98 Å². The molecule has 0 unspecified atom stereocenters. The summed E-state index contributed by atoms with van der Waals surface area (Å²) in [5.41, 5.74) is 1.48. The smallest absolute Gasteiger partial charge is 0.0410 e. The first-order valence-electron chi connectivity index (χ1n) is 5.57. The number of aromatic amines is 1. The topological polar surface area (TPSA) is 15.8 Å². The van der Waals surface area contributed by atoms with E-state index in [1.165, 1.54) is 29.0 Å². The van der Waals surface area contributed by atoms with Crippen molar-refractivity contribution in [2.45, 2.75) is 40.5 Å². The normalized spacial score (nSPS) is 12.9. The molecule has 1 nitrogen and oxygen atoms in total. The highest BCUT2D eigenvalue weighted by molar-refractivity contribution is 5.42. The van der Waals surface area contributed by atoms with Crippen LogP contribution in [0.25, 0.3) is 11.6 Å². The van der Waals surface area contributed by atoms with Crippen molar-refractivity contribution in [3.63, 3.8) is 0 Å². The maximum Gasteiger partial charge on any atom is 0.0410 e. The molecular formula is C14H23N. The first-order chi connectivity index (χ1) is 7.21. The first kappa shape index (κ1) is 13.8. The van der Waals surface area contributed by atoms with Gasteiger partial charge in [-0.05, 0) is 38.5 Å². The van der Waals surface area contributed by atoms with Gasteiger partial charge in [-0.1, -0.05) is 31.1 Å². The van der Waals surface area contributed by atoms with Crippen LogP contribution in [0.15, 0.2) is 24.9 Å². The third-order valence-electron chi connectivity index (χ3n) is 2.15. The van der Waals surface area contributed by atoms with Crippen LogP contribution in [0.1, 0.15) is 40.5 Å². The number of H-pyrrole nitrogens is 1. The molecule has 0 bridgehead atoms. The van der Waals surface area contributed by atoms with E-state index >= 15 is 0 Å². The summed E-state index contributed by atoms with van der Waals surface area (Å²) in [5.74, 6) is 0. The standard InChI is InChI=1S/C11H17N.C3H6/c1-4-6-9(3)10-7-8-12-11(10)5-2;1-3-2/h5,7-8,12H,4,6H2,1-3H3;3H,1H2,2H3/b10-9-,11-5-;. The summed E-state index contributed by atoms with van der Waals surface area (Å²) in [6.07, 6.45) is 8.29. The Morgan fingerprint density at radius 3 is 2.53 bits per heavy atom. The van der Waals surface area contributed by atoms with Crippen LogP contribution in [0.5, 0.6) is 0 Å². The minimum Gasteiger partial charge on any atom is -0.361 e. The van der Waals surface area contributed by atoms with Crippen LogP contribution in [-0.2, 0) is 0 Å². The van der Waals surface area contributed by atoms with E-state index in [0.717, 1.165) is 0 Å². The molecule has 84 valence electrons. The molecule has 1 heteroatoms. The highest BCUT2D eigenvalue weighted by atomic mass is 14.6. The van der Waals surface area contributed by atoms with E-state index in [-0.39, 0.29) is 0 Å². The quantitative estimate of drug-likeness (QED) is 0.714. The molecule has 0 atom stereocenters. The van der Waals surface area contributed by atoms with Gasteiger partial charge < -0.3 is 4.98 Å². The summed E-state index contributed by atoms with van der Waals surface area (Å²) < 4.78 is 0. The zero-order chi connectivity index (χ0) is 11.7. The van der Waals surface area contributed by atoms with E-state index in [9.17, 15) is 0 Å². The average Bonchev–Trinajstić information content (AvgIpc) is 2.67. The van der Waals surface area contributed by atoms with Crippen LogP contribution < -0.4 is 10.6 Å². The van der Waals surface area contributed by atoms with E-state index < -0.39 is 0 Å². The molecule has 0 radical (unpaired) electrons. The van der Waals surface area contributed by atoms with E-state index in [1.54, 1.807) is 6.08 Å². The van der Waals surface area contributed by atoms with Crippen LogP contribution in [0.4, 0.5) is 0 Å². The fourth-order valence-corrected chi connectivity index (χ4v) is 1.50. The summed E-state index contributed by atoms with van der Waals surface area (Å²) in [7, 11) is 0. The number of hydrogen-bond donors (Lipinski definition) is 1. The van der Waals surface area contributed by atoms with Crippen molar-refractivity contribution < 1.29 is 0 Å². The van der Waals surface area contributed by atoms with Gasteiger partial charge in [-0.2, -0.15) is 0 Å². The van der Waals surface area contributed by atoms with Gasteiger partial charge in [0.2, 0.25) is 0 Å². The minimum atomic E-state index is 1.19. The minimum absolute atomic E-state index is 1.19. The Hall–Kier alpha value is -1.24. The monoisotopic (exact) mass is 205 g/mol. The van der Waals surface area contributed by atoms with Crippen LogP contribution in [0, 0.1) is 0 Å². The number of allylic oxidation sites excluding steroid dienone is 1. The molecule has 1 aromatic heterocycles. The second-order valence-corrected chi connectivity index (χ2v) is 3.53. The Morgan fingerprint density at radius 1 is 1.47 bits per heavy atom. The van der Waals surface area contributed by atoms with Gasteiger partial charge in [-0.25, -0.2) is 0 Å². The zero-order valence-electron chi connectivity index (χ0n) is 10.4. The summed E-state index contributed by atoms with van der Waals surface area (Å²) >= 11 is 0. The van der Waals surface area contributed by atoms with Gasteiger partial charge in [0.25, 0.3) is 0 Å². The zero-order valence-corrected chi connectivity index (χ0v) is 10.4. The highest BCUT2D eigenvalue weighted by Crippen LogP contribution is 2.00. The van der Waals surface area contributed by atoms with Gasteiger partial charge in [0.15, 0.2) is 0 Å². The molecular weight excluding hydrogens is 182 g/mol. The molecule has 0 aliphatic rings. The second kappa shape index (κ2) is 8.10. The number of nitrogens with one attached hydrogen (secondary N) is 1. The molecule has 0 saturated heterocycles. The highest BCUT2D eigenvalue weighted by Gasteiger charge is 1.91. The predicted molar refractivity (Wildman–Crippen MR) is 70.0 cm³/mol. The van der Waals surface area contributed by atoms with Gasteiger partial charge in [0.1, 0.15) is 0 Å². The molecule has 0 aliphatic carbocycles. The maximum absolute atomic E-state index is 3.36. The first-order valence-corrected chi connectivity index (χ1v) is 5.57. The lowest BCUT2D eigenvalue weighted by atomic mass is 10.1. The van der Waals surface area contributed by atoms with Crippen LogP contribution in [0.3, 0.4) is 0 Å². The van der Waals surface area contributed by atoms with Gasteiger partial charge in [-0.3, -0.25) is 0 Å². The summed E-state index contributed by atoms with van der Waals surface area (Å²) in [6.45, 7) is 11.7. The van der Waals surface area contributed by atoms with Crippen molar-refractivity contribution in [1.29, 1.82) is 0 Å². The van der Waals surface area contributed by atoms with E-state index in [1.807, 2.05) is 13.1 Å². The van der Waals surface area contributed by atoms with Gasteiger partial charge in [0, 0.05) is 11.5 Å². The van der Waals surface area contributed by atoms with Crippen molar-refractivity contribution in [3.8, 4) is 0 Å². The lowest BCUT2D eigenvalue weighted by molar-refractivity contribution is 0.961. The molecule has 1 N–H and O–H groups in total. The lowest BCUT2D eigenvalue weighted by Crippen LogP contribution is -2.23. The third-order valence-corrected chi connectivity index (χ3v) is 2.15. The largest absolute Gasteiger partial charge is 0.361 e. The molecule has 0 amide bonds. The molecule has 0 spiro atoms. The van der Waals surface area contributed by atoms with Gasteiger partial charge in [0.05, 0.1) is 0 Å². The Kier molecular flexibility index (Phi) is 7.43. The van der Waals surface area contributed by atoms with E-state index in [2.05, 4.69) is 44.5 Å². The van der Waals surface area contributed by atoms with E-state index in [0.29, 0.717) is 0 Å². The molecule has 1 rings (SSSR count). The van der Waals surface area contributed by atoms with E-state index in [4.69, 9.17) is 0 Å². The number of rotatable bonds is 2. The van der Waals surface area contributed by atoms with Gasteiger partial charge >= 0.3 is 0 Å². The summed E-state index contributed by atoms with van der Waals surface area (Å²) in [4.78, 5) is 3.22. The Labute approximate surface area is 93.2 Å². The molecule has 0 fully saturated rings. The van der Waals surface area contributed by atoms with Crippen molar-refractivity contribution in [1.82, 2.24) is 4.98 Å². The van der Waals surface area contributed by atoms with Crippen molar-refractivity contribution in [2.75, 3.05) is 0 Å². The molecule has 1 aromatic rings. The Bertz CT molecular complexity index is 382. The predicted octanol–water partition coefficient (Wildman–Crippen LogP) is 2.98. The van der Waals surface area contributed by atoms with Gasteiger partial charge in [-0.15, -0.1) is 6.58 Å². The van der Waals surface area contributed by atoms with Crippen molar-refractivity contribution >= 4 is 11.6 Å². The Morgan fingerprint density at radius 2 is 2.07 bits per heavy atom. The molecule has 15 heavy (non-hydrogen) atoms. The maximum atomic E-state index is 3.36. The molecule has 0 aromatic carbocycles.